The zero-order valence-electron chi connectivity index (χ0n) is 10.9. The predicted octanol–water partition coefficient (Wildman–Crippen LogP) is 0.543. The number of nitrogens with zero attached hydrogens (tertiary/aromatic N) is 3. The second kappa shape index (κ2) is 6.24. The van der Waals surface area contributed by atoms with E-state index in [9.17, 15) is 4.21 Å². The number of hydrogen-bond acceptors (Lipinski definition) is 5. The second-order valence-electron chi connectivity index (χ2n) is 4.74. The minimum Gasteiger partial charge on any atom is -0.353 e. The van der Waals surface area contributed by atoms with Gasteiger partial charge in [-0.05, 0) is 0 Å². The highest BCUT2D eigenvalue weighted by Gasteiger charge is 2.16. The van der Waals surface area contributed by atoms with Crippen LogP contribution in [0.2, 0.25) is 0 Å². The molecule has 1 aliphatic heterocycles. The van der Waals surface area contributed by atoms with Gasteiger partial charge in [-0.3, -0.25) is 9.19 Å². The zero-order chi connectivity index (χ0) is 13.0. The zero-order valence-corrected chi connectivity index (χ0v) is 11.7. The van der Waals surface area contributed by atoms with Crippen molar-refractivity contribution >= 4 is 16.6 Å². The lowest BCUT2D eigenvalue weighted by molar-refractivity contribution is 0.579. The standard InChI is InChI=1S/C12H20N4OS/c1-10(2)14-8-11-7-13-9-12(15-11)16-3-5-18(17)6-4-16/h7,9-10,14H,3-6,8H2,1-2H3. The lowest BCUT2D eigenvalue weighted by Gasteiger charge is -2.27. The largest absolute Gasteiger partial charge is 0.353 e. The first kappa shape index (κ1) is 13.4. The van der Waals surface area contributed by atoms with Crippen LogP contribution in [-0.2, 0) is 17.3 Å². The SMILES string of the molecule is CC(C)NCc1cncc(N2CCS(=O)CC2)n1. The average molecular weight is 268 g/mol. The van der Waals surface area contributed by atoms with Crippen molar-refractivity contribution in [3.05, 3.63) is 18.1 Å². The minimum absolute atomic E-state index is 0.438. The van der Waals surface area contributed by atoms with Gasteiger partial charge in [-0.25, -0.2) is 4.98 Å². The fourth-order valence-corrected chi connectivity index (χ4v) is 2.86. The molecule has 1 fully saturated rings. The maximum Gasteiger partial charge on any atom is 0.147 e. The third-order valence-corrected chi connectivity index (χ3v) is 4.14. The van der Waals surface area contributed by atoms with E-state index in [-0.39, 0.29) is 0 Å². The molecule has 0 radical (unpaired) electrons. The van der Waals surface area contributed by atoms with Gasteiger partial charge in [-0.2, -0.15) is 0 Å². The highest BCUT2D eigenvalue weighted by molar-refractivity contribution is 7.85. The van der Waals surface area contributed by atoms with Crippen LogP contribution in [-0.4, -0.2) is 44.8 Å². The van der Waals surface area contributed by atoms with Gasteiger partial charge in [0, 0.05) is 54.2 Å². The summed E-state index contributed by atoms with van der Waals surface area (Å²) in [5, 5.41) is 3.33. The minimum atomic E-state index is -0.652. The van der Waals surface area contributed by atoms with Gasteiger partial charge in [0.2, 0.25) is 0 Å². The van der Waals surface area contributed by atoms with Gasteiger partial charge in [0.15, 0.2) is 0 Å². The Morgan fingerprint density at radius 1 is 1.39 bits per heavy atom. The fourth-order valence-electron chi connectivity index (χ4n) is 1.81. The summed E-state index contributed by atoms with van der Waals surface area (Å²) in [6, 6.07) is 0.438. The maximum absolute atomic E-state index is 11.3. The number of hydrogen-bond donors (Lipinski definition) is 1. The summed E-state index contributed by atoms with van der Waals surface area (Å²) in [4.78, 5) is 11.0. The summed E-state index contributed by atoms with van der Waals surface area (Å²) in [7, 11) is -0.652. The molecule has 1 aromatic rings. The first-order chi connectivity index (χ1) is 8.65. The van der Waals surface area contributed by atoms with E-state index in [0.717, 1.165) is 42.7 Å². The van der Waals surface area contributed by atoms with Crippen LogP contribution in [0.3, 0.4) is 0 Å². The molecule has 1 saturated heterocycles. The van der Waals surface area contributed by atoms with Gasteiger partial charge in [0.05, 0.1) is 11.9 Å². The Bertz CT molecular complexity index is 414. The highest BCUT2D eigenvalue weighted by atomic mass is 32.2. The molecule has 0 atom stereocenters. The Kier molecular flexibility index (Phi) is 4.66. The normalized spacial score (nSPS) is 17.4. The molecule has 0 unspecified atom stereocenters. The van der Waals surface area contributed by atoms with Crippen LogP contribution in [0.5, 0.6) is 0 Å². The lowest BCUT2D eigenvalue weighted by Crippen LogP contribution is -2.38. The summed E-state index contributed by atoms with van der Waals surface area (Å²) in [5.41, 5.74) is 0.952. The fraction of sp³-hybridized carbons (Fsp3) is 0.667. The molecule has 5 nitrogen and oxygen atoms in total. The first-order valence-corrected chi connectivity index (χ1v) is 7.78. The summed E-state index contributed by atoms with van der Waals surface area (Å²) < 4.78 is 11.3. The van der Waals surface area contributed by atoms with E-state index in [4.69, 9.17) is 0 Å². The maximum atomic E-state index is 11.3. The first-order valence-electron chi connectivity index (χ1n) is 6.29. The summed E-state index contributed by atoms with van der Waals surface area (Å²) >= 11 is 0. The molecule has 1 N–H and O–H groups in total. The number of aromatic nitrogens is 2. The molecule has 1 aromatic heterocycles. The molecule has 2 rings (SSSR count). The summed E-state index contributed by atoms with van der Waals surface area (Å²) in [6.45, 7) is 6.57. The highest BCUT2D eigenvalue weighted by Crippen LogP contribution is 2.12. The van der Waals surface area contributed by atoms with Crippen molar-refractivity contribution in [2.75, 3.05) is 29.5 Å². The van der Waals surface area contributed by atoms with Crippen molar-refractivity contribution < 1.29 is 4.21 Å². The van der Waals surface area contributed by atoms with E-state index in [2.05, 4.69) is 34.0 Å². The van der Waals surface area contributed by atoms with E-state index in [1.54, 1.807) is 12.4 Å². The second-order valence-corrected chi connectivity index (χ2v) is 6.44. The van der Waals surface area contributed by atoms with Crippen LogP contribution in [0.1, 0.15) is 19.5 Å². The number of nitrogens with one attached hydrogen (secondary N) is 1. The lowest BCUT2D eigenvalue weighted by atomic mass is 10.3. The molecule has 0 bridgehead atoms. The van der Waals surface area contributed by atoms with Crippen molar-refractivity contribution in [3.63, 3.8) is 0 Å². The summed E-state index contributed by atoms with van der Waals surface area (Å²) in [6.07, 6.45) is 3.58. The van der Waals surface area contributed by atoms with Gasteiger partial charge in [-0.1, -0.05) is 13.8 Å². The molecule has 18 heavy (non-hydrogen) atoms. The van der Waals surface area contributed by atoms with Gasteiger partial charge in [-0.15, -0.1) is 0 Å². The third kappa shape index (κ3) is 3.74. The molecule has 0 aromatic carbocycles. The van der Waals surface area contributed by atoms with Gasteiger partial charge in [0.25, 0.3) is 0 Å². The van der Waals surface area contributed by atoms with E-state index in [1.807, 2.05) is 0 Å². The third-order valence-electron chi connectivity index (χ3n) is 2.86. The van der Waals surface area contributed by atoms with E-state index < -0.39 is 10.8 Å². The molecule has 0 amide bonds. The molecule has 0 saturated carbocycles. The Labute approximate surface area is 110 Å². The van der Waals surface area contributed by atoms with Crippen molar-refractivity contribution in [1.82, 2.24) is 15.3 Å². The van der Waals surface area contributed by atoms with Crippen LogP contribution in [0, 0.1) is 0 Å². The van der Waals surface area contributed by atoms with Crippen LogP contribution in [0.25, 0.3) is 0 Å². The molecule has 2 heterocycles. The Morgan fingerprint density at radius 2 is 2.11 bits per heavy atom. The van der Waals surface area contributed by atoms with Gasteiger partial charge in [0.1, 0.15) is 5.82 Å². The molecular formula is C12H20N4OS. The van der Waals surface area contributed by atoms with Crippen LogP contribution in [0.4, 0.5) is 5.82 Å². The van der Waals surface area contributed by atoms with E-state index in [1.165, 1.54) is 0 Å². The molecule has 0 spiro atoms. The van der Waals surface area contributed by atoms with E-state index >= 15 is 0 Å². The van der Waals surface area contributed by atoms with Gasteiger partial charge < -0.3 is 10.2 Å². The quantitative estimate of drug-likeness (QED) is 0.864. The van der Waals surface area contributed by atoms with E-state index in [0.29, 0.717) is 6.04 Å². The molecule has 100 valence electrons. The Hall–Kier alpha value is -1.01. The van der Waals surface area contributed by atoms with Crippen LogP contribution >= 0.6 is 0 Å². The predicted molar refractivity (Wildman–Crippen MR) is 74.1 cm³/mol. The van der Waals surface area contributed by atoms with Crippen molar-refractivity contribution in [3.8, 4) is 0 Å². The smallest absolute Gasteiger partial charge is 0.147 e. The number of anilines is 1. The summed E-state index contributed by atoms with van der Waals surface area (Å²) in [5.74, 6) is 2.36. The van der Waals surface area contributed by atoms with Crippen molar-refractivity contribution in [2.45, 2.75) is 26.4 Å². The number of rotatable bonds is 4. The molecule has 0 aliphatic carbocycles. The van der Waals surface area contributed by atoms with Crippen LogP contribution in [0.15, 0.2) is 12.4 Å². The van der Waals surface area contributed by atoms with Crippen molar-refractivity contribution in [1.29, 1.82) is 0 Å². The Morgan fingerprint density at radius 3 is 2.78 bits per heavy atom. The van der Waals surface area contributed by atoms with Crippen LogP contribution < -0.4 is 10.2 Å². The molecule has 1 aliphatic rings. The monoisotopic (exact) mass is 268 g/mol. The Balaban J connectivity index is 2.00. The molecular weight excluding hydrogens is 248 g/mol. The molecule has 6 heteroatoms. The average Bonchev–Trinajstić information content (AvgIpc) is 2.37. The topological polar surface area (TPSA) is 58.1 Å². The van der Waals surface area contributed by atoms with Gasteiger partial charge >= 0.3 is 0 Å². The van der Waals surface area contributed by atoms with Crippen molar-refractivity contribution in [2.24, 2.45) is 0 Å².